The van der Waals surface area contributed by atoms with Gasteiger partial charge in [-0.05, 0) is 68.6 Å². The zero-order chi connectivity index (χ0) is 25.8. The Labute approximate surface area is 211 Å². The third-order valence-corrected chi connectivity index (χ3v) is 9.46. The highest BCUT2D eigenvalue weighted by Gasteiger charge is 2.59. The molecule has 3 aliphatic carbocycles. The van der Waals surface area contributed by atoms with Gasteiger partial charge in [0.1, 0.15) is 11.6 Å². The fourth-order valence-corrected chi connectivity index (χ4v) is 7.34. The molecule has 3 saturated carbocycles. The molecule has 2 aromatic rings. The van der Waals surface area contributed by atoms with E-state index in [1.54, 1.807) is 0 Å². The van der Waals surface area contributed by atoms with Gasteiger partial charge in [0.15, 0.2) is 5.82 Å². The van der Waals surface area contributed by atoms with Crippen LogP contribution in [0.1, 0.15) is 67.2 Å². The Bertz CT molecular complexity index is 1240. The maximum Gasteiger partial charge on any atom is 0.416 e. The number of H-pyrrole nitrogens is 1. The molecule has 3 heterocycles. The summed E-state index contributed by atoms with van der Waals surface area (Å²) in [6.07, 6.45) is 1.20. The summed E-state index contributed by atoms with van der Waals surface area (Å²) in [5.41, 5.74) is 5.35. The van der Waals surface area contributed by atoms with Gasteiger partial charge < -0.3 is 15.5 Å². The lowest BCUT2D eigenvalue weighted by atomic mass is 9.56. The van der Waals surface area contributed by atoms with Gasteiger partial charge in [0.2, 0.25) is 0 Å². The van der Waals surface area contributed by atoms with E-state index in [4.69, 9.17) is 5.73 Å². The van der Waals surface area contributed by atoms with Crippen molar-refractivity contribution >= 4 is 6.03 Å². The number of benzene rings is 1. The van der Waals surface area contributed by atoms with Gasteiger partial charge in [-0.25, -0.2) is 14.2 Å². The Morgan fingerprint density at radius 3 is 2.27 bits per heavy atom. The van der Waals surface area contributed by atoms with E-state index in [-0.39, 0.29) is 33.9 Å². The Morgan fingerprint density at radius 2 is 1.68 bits per heavy atom. The van der Waals surface area contributed by atoms with Gasteiger partial charge >= 0.3 is 12.2 Å². The second-order valence-electron chi connectivity index (χ2n) is 12.6. The molecule has 11 heteroatoms. The van der Waals surface area contributed by atoms with Gasteiger partial charge in [-0.1, -0.05) is 6.07 Å². The highest BCUT2D eigenvalue weighted by Crippen LogP contribution is 2.57. The van der Waals surface area contributed by atoms with Crippen LogP contribution < -0.4 is 5.73 Å². The van der Waals surface area contributed by atoms with Crippen LogP contribution in [-0.2, 0) is 18.1 Å². The van der Waals surface area contributed by atoms with Crippen LogP contribution in [0.15, 0.2) is 18.2 Å². The van der Waals surface area contributed by atoms with Crippen molar-refractivity contribution in [3.05, 3.63) is 46.8 Å². The summed E-state index contributed by atoms with van der Waals surface area (Å²) < 4.78 is 53.3. The Morgan fingerprint density at radius 1 is 1.05 bits per heavy atom. The fourth-order valence-electron chi connectivity index (χ4n) is 7.34. The van der Waals surface area contributed by atoms with Crippen LogP contribution in [0.2, 0.25) is 0 Å². The van der Waals surface area contributed by atoms with Crippen molar-refractivity contribution in [3.8, 4) is 0 Å². The Hall–Kier alpha value is -2.69. The van der Waals surface area contributed by atoms with Crippen LogP contribution >= 0.6 is 0 Å². The number of hydrogen-bond donors (Lipinski definition) is 2. The van der Waals surface area contributed by atoms with Crippen molar-refractivity contribution in [2.45, 2.75) is 62.6 Å². The first-order valence-electron chi connectivity index (χ1n) is 13.1. The normalized spacial score (nSPS) is 25.4. The van der Waals surface area contributed by atoms with Gasteiger partial charge in [0.25, 0.3) is 0 Å². The van der Waals surface area contributed by atoms with Gasteiger partial charge in [-0.3, -0.25) is 5.10 Å². The van der Waals surface area contributed by atoms with E-state index in [0.29, 0.717) is 31.5 Å². The minimum absolute atomic E-state index is 0.0365. The molecule has 0 bridgehead atoms. The average molecular weight is 519 g/mol. The molecule has 2 saturated heterocycles. The first-order valence-corrected chi connectivity index (χ1v) is 13.1. The third-order valence-electron chi connectivity index (χ3n) is 9.46. The van der Waals surface area contributed by atoms with Gasteiger partial charge in [0, 0.05) is 42.9 Å². The fraction of sp³-hybridized carbons (Fsp3) is 0.654. The molecule has 0 atom stereocenters. The number of hydrogen-bond acceptors (Lipinski definition) is 4. The van der Waals surface area contributed by atoms with Crippen molar-refractivity contribution in [2.75, 3.05) is 26.2 Å². The topological polar surface area (TPSA) is 91.1 Å². The number of urea groups is 1. The molecule has 37 heavy (non-hydrogen) atoms. The predicted octanol–water partition coefficient (Wildman–Crippen LogP) is 4.16. The van der Waals surface area contributed by atoms with Crippen molar-refractivity contribution in [1.29, 1.82) is 0 Å². The quantitative estimate of drug-likeness (QED) is 0.595. The second kappa shape index (κ2) is 7.45. The van der Waals surface area contributed by atoms with E-state index < -0.39 is 17.6 Å². The molecule has 2 spiro atoms. The zero-order valence-corrected chi connectivity index (χ0v) is 20.5. The smallest absolute Gasteiger partial charge is 0.323 e. The highest BCUT2D eigenvalue weighted by molar-refractivity contribution is 5.77. The van der Waals surface area contributed by atoms with Crippen LogP contribution in [0.5, 0.6) is 0 Å². The van der Waals surface area contributed by atoms with E-state index >= 15 is 0 Å². The SMILES string of the molecule is NC1(c2n[nH]c(C3CC4(C3)CN(C(=O)N3CC5(CC(Cc6ccc(F)cc6C(F)(F)F)C5)C3)C4)n2)CC1. The standard InChI is InChI=1S/C26H30F4N6O/c27-18-2-1-16(19(6-18)26(28,29)30)5-15-7-23(8-15)11-35(12-23)22(37)36-13-24(14-36)9-17(10-24)20-32-21(34-33-20)25(31)3-4-25/h1-2,6,15,17H,3-5,7-14,31H2,(H,32,33,34). The number of amides is 2. The molecule has 5 fully saturated rings. The van der Waals surface area contributed by atoms with Crippen LogP contribution in [-0.4, -0.2) is 57.2 Å². The molecular weight excluding hydrogens is 488 g/mol. The summed E-state index contributed by atoms with van der Waals surface area (Å²) in [7, 11) is 0. The van der Waals surface area contributed by atoms with Crippen LogP contribution in [0, 0.1) is 22.6 Å². The number of likely N-dealkylation sites (tertiary alicyclic amines) is 2. The molecule has 7 nitrogen and oxygen atoms in total. The number of nitrogens with one attached hydrogen (secondary N) is 1. The lowest BCUT2D eigenvalue weighted by Gasteiger charge is -2.63. The number of nitrogens with zero attached hydrogens (tertiary/aromatic N) is 4. The zero-order valence-electron chi connectivity index (χ0n) is 20.5. The number of aromatic amines is 1. The summed E-state index contributed by atoms with van der Waals surface area (Å²) >= 11 is 0. The first-order chi connectivity index (χ1) is 17.4. The first kappa shape index (κ1) is 23.4. The van der Waals surface area contributed by atoms with Gasteiger partial charge in [0.05, 0.1) is 11.1 Å². The van der Waals surface area contributed by atoms with E-state index in [1.807, 2.05) is 9.80 Å². The summed E-state index contributed by atoms with van der Waals surface area (Å²) in [4.78, 5) is 21.4. The lowest BCUT2D eigenvalue weighted by molar-refractivity contribution is -0.138. The molecule has 7 rings (SSSR count). The average Bonchev–Trinajstić information content (AvgIpc) is 3.27. The molecule has 1 aromatic heterocycles. The molecule has 198 valence electrons. The van der Waals surface area contributed by atoms with Crippen LogP contribution in [0.4, 0.5) is 22.4 Å². The van der Waals surface area contributed by atoms with Gasteiger partial charge in [-0.2, -0.15) is 18.3 Å². The van der Waals surface area contributed by atoms with Crippen molar-refractivity contribution < 1.29 is 22.4 Å². The minimum Gasteiger partial charge on any atom is -0.323 e. The molecule has 0 unspecified atom stereocenters. The second-order valence-corrected chi connectivity index (χ2v) is 12.6. The number of aromatic nitrogens is 3. The summed E-state index contributed by atoms with van der Waals surface area (Å²) in [5.74, 6) is 1.24. The predicted molar refractivity (Wildman–Crippen MR) is 125 cm³/mol. The van der Waals surface area contributed by atoms with Crippen molar-refractivity contribution in [3.63, 3.8) is 0 Å². The van der Waals surface area contributed by atoms with Gasteiger partial charge in [-0.15, -0.1) is 0 Å². The van der Waals surface area contributed by atoms with Crippen LogP contribution in [0.3, 0.4) is 0 Å². The van der Waals surface area contributed by atoms with E-state index in [0.717, 1.165) is 69.3 Å². The highest BCUT2D eigenvalue weighted by atomic mass is 19.4. The summed E-state index contributed by atoms with van der Waals surface area (Å²) in [6.45, 7) is 2.87. The van der Waals surface area contributed by atoms with E-state index in [9.17, 15) is 22.4 Å². The minimum atomic E-state index is -4.56. The molecule has 2 amide bonds. The number of carbonyl (C=O) groups is 1. The lowest BCUT2D eigenvalue weighted by Crippen LogP contribution is -2.71. The number of carbonyl (C=O) groups excluding carboxylic acids is 1. The maximum atomic E-state index is 13.4. The molecule has 0 radical (unpaired) electrons. The van der Waals surface area contributed by atoms with E-state index in [2.05, 4.69) is 15.2 Å². The van der Waals surface area contributed by atoms with Crippen molar-refractivity contribution in [1.82, 2.24) is 25.0 Å². The number of alkyl halides is 3. The maximum absolute atomic E-state index is 13.4. The number of halogens is 4. The molecule has 3 N–H and O–H groups in total. The molecule has 1 aromatic carbocycles. The largest absolute Gasteiger partial charge is 0.416 e. The number of rotatable bonds is 4. The molecular formula is C26H30F4N6O. The molecule has 5 aliphatic rings. The van der Waals surface area contributed by atoms with Crippen LogP contribution in [0.25, 0.3) is 0 Å². The number of nitrogens with two attached hydrogens (primary N) is 1. The summed E-state index contributed by atoms with van der Waals surface area (Å²) in [6, 6.07) is 3.01. The Kier molecular flexibility index (Phi) is 4.72. The van der Waals surface area contributed by atoms with E-state index in [1.165, 1.54) is 6.07 Å². The molecule has 2 aliphatic heterocycles. The summed E-state index contributed by atoms with van der Waals surface area (Å²) in [5, 5.41) is 7.37. The third kappa shape index (κ3) is 3.83. The van der Waals surface area contributed by atoms with Crippen molar-refractivity contribution in [2.24, 2.45) is 22.5 Å². The Balaban J connectivity index is 0.866. The monoisotopic (exact) mass is 518 g/mol.